The van der Waals surface area contributed by atoms with Gasteiger partial charge in [0.1, 0.15) is 0 Å². The van der Waals surface area contributed by atoms with Gasteiger partial charge in [-0.3, -0.25) is 0 Å². The molecule has 1 unspecified atom stereocenters. The van der Waals surface area contributed by atoms with Gasteiger partial charge >= 0.3 is 0 Å². The van der Waals surface area contributed by atoms with Gasteiger partial charge < -0.3 is 10.2 Å². The van der Waals surface area contributed by atoms with Crippen LogP contribution in [0.5, 0.6) is 0 Å². The van der Waals surface area contributed by atoms with E-state index in [1.807, 2.05) is 11.3 Å². The Bertz CT molecular complexity index is 451. The molecule has 2 aliphatic rings. The molecule has 0 radical (unpaired) electrons. The van der Waals surface area contributed by atoms with Crippen LogP contribution in [0, 0.1) is 5.92 Å². The average molecular weight is 293 g/mol. The number of fused-ring (bicyclic) bond motifs is 1. The van der Waals surface area contributed by atoms with E-state index in [0.29, 0.717) is 12.1 Å². The van der Waals surface area contributed by atoms with Crippen molar-refractivity contribution in [3.63, 3.8) is 0 Å². The highest BCUT2D eigenvalue weighted by Gasteiger charge is 2.30. The molecule has 2 aliphatic carbocycles. The molecule has 0 bridgehead atoms. The van der Waals surface area contributed by atoms with Gasteiger partial charge in [-0.15, -0.1) is 11.3 Å². The second kappa shape index (κ2) is 6.02. The summed E-state index contributed by atoms with van der Waals surface area (Å²) in [7, 11) is 0. The van der Waals surface area contributed by atoms with Crippen LogP contribution < -0.4 is 10.2 Å². The van der Waals surface area contributed by atoms with Crippen molar-refractivity contribution >= 4 is 16.5 Å². The SMILES string of the molecule is CCNC1CCCc2sc(N(CC3CC3)C(C)C)nc21. The molecule has 3 nitrogen and oxygen atoms in total. The number of hydrogen-bond donors (Lipinski definition) is 1. The summed E-state index contributed by atoms with van der Waals surface area (Å²) in [4.78, 5) is 9.09. The number of nitrogens with zero attached hydrogens (tertiary/aromatic N) is 2. The van der Waals surface area contributed by atoms with Crippen LogP contribution in [0.4, 0.5) is 5.13 Å². The maximum atomic E-state index is 5.04. The maximum absolute atomic E-state index is 5.04. The van der Waals surface area contributed by atoms with Crippen LogP contribution in [0.15, 0.2) is 0 Å². The van der Waals surface area contributed by atoms with Crippen molar-refractivity contribution < 1.29 is 0 Å². The molecule has 1 aromatic rings. The van der Waals surface area contributed by atoms with E-state index < -0.39 is 0 Å². The summed E-state index contributed by atoms with van der Waals surface area (Å²) in [6.07, 6.45) is 6.60. The lowest BCUT2D eigenvalue weighted by Gasteiger charge is -2.26. The van der Waals surface area contributed by atoms with Crippen molar-refractivity contribution in [1.29, 1.82) is 0 Å². The van der Waals surface area contributed by atoms with Crippen LogP contribution in [0.3, 0.4) is 0 Å². The quantitative estimate of drug-likeness (QED) is 0.865. The molecule has 0 spiro atoms. The number of rotatable bonds is 6. The molecule has 1 saturated carbocycles. The molecule has 4 heteroatoms. The summed E-state index contributed by atoms with van der Waals surface area (Å²) in [6.45, 7) is 9.02. The summed E-state index contributed by atoms with van der Waals surface area (Å²) in [6, 6.07) is 1.05. The molecule has 1 aromatic heterocycles. The molecule has 1 N–H and O–H groups in total. The van der Waals surface area contributed by atoms with Gasteiger partial charge in [0.15, 0.2) is 5.13 Å². The van der Waals surface area contributed by atoms with E-state index in [1.165, 1.54) is 54.4 Å². The third-order valence-electron chi connectivity index (χ3n) is 4.41. The van der Waals surface area contributed by atoms with Gasteiger partial charge in [0.25, 0.3) is 0 Å². The van der Waals surface area contributed by atoms with Crippen molar-refractivity contribution in [2.45, 2.75) is 65.0 Å². The lowest BCUT2D eigenvalue weighted by molar-refractivity contribution is 0.465. The highest BCUT2D eigenvalue weighted by molar-refractivity contribution is 7.15. The second-order valence-corrected chi connectivity index (χ2v) is 7.56. The normalized spacial score (nSPS) is 22.1. The minimum absolute atomic E-state index is 0.490. The molecule has 1 heterocycles. The zero-order valence-electron chi connectivity index (χ0n) is 13.0. The van der Waals surface area contributed by atoms with Gasteiger partial charge in [-0.05, 0) is 58.4 Å². The number of aryl methyl sites for hydroxylation is 1. The van der Waals surface area contributed by atoms with Crippen molar-refractivity contribution in [2.24, 2.45) is 5.92 Å². The molecular formula is C16H27N3S. The monoisotopic (exact) mass is 293 g/mol. The maximum Gasteiger partial charge on any atom is 0.186 e. The summed E-state index contributed by atoms with van der Waals surface area (Å²) < 4.78 is 0. The minimum atomic E-state index is 0.490. The molecule has 0 aliphatic heterocycles. The fourth-order valence-electron chi connectivity index (χ4n) is 3.06. The third-order valence-corrected chi connectivity index (χ3v) is 5.58. The Hall–Kier alpha value is -0.610. The van der Waals surface area contributed by atoms with Gasteiger partial charge in [-0.1, -0.05) is 6.92 Å². The predicted octanol–water partition coefficient (Wildman–Crippen LogP) is 3.75. The van der Waals surface area contributed by atoms with Gasteiger partial charge in [0.2, 0.25) is 0 Å². The Morgan fingerprint density at radius 2 is 2.15 bits per heavy atom. The van der Waals surface area contributed by atoms with Crippen molar-refractivity contribution in [1.82, 2.24) is 10.3 Å². The number of nitrogens with one attached hydrogen (secondary N) is 1. The first kappa shape index (κ1) is 14.3. The molecule has 1 fully saturated rings. The Labute approximate surface area is 126 Å². The third kappa shape index (κ3) is 3.01. The van der Waals surface area contributed by atoms with Crippen LogP contribution in [0.25, 0.3) is 0 Å². The Balaban J connectivity index is 1.82. The van der Waals surface area contributed by atoms with Gasteiger partial charge in [-0.2, -0.15) is 0 Å². The van der Waals surface area contributed by atoms with Crippen molar-refractivity contribution in [2.75, 3.05) is 18.0 Å². The van der Waals surface area contributed by atoms with E-state index in [4.69, 9.17) is 4.98 Å². The topological polar surface area (TPSA) is 28.2 Å². The highest BCUT2D eigenvalue weighted by atomic mass is 32.1. The highest BCUT2D eigenvalue weighted by Crippen LogP contribution is 2.39. The van der Waals surface area contributed by atoms with Crippen molar-refractivity contribution in [3.8, 4) is 0 Å². The lowest BCUT2D eigenvalue weighted by atomic mass is 9.98. The number of anilines is 1. The molecular weight excluding hydrogens is 266 g/mol. The number of aromatic nitrogens is 1. The van der Waals surface area contributed by atoms with Crippen LogP contribution in [-0.4, -0.2) is 24.1 Å². The molecule has 112 valence electrons. The summed E-state index contributed by atoms with van der Waals surface area (Å²) in [5.74, 6) is 0.919. The molecule has 20 heavy (non-hydrogen) atoms. The molecule has 0 amide bonds. The van der Waals surface area contributed by atoms with E-state index in [1.54, 1.807) is 0 Å². The smallest absolute Gasteiger partial charge is 0.186 e. The number of hydrogen-bond acceptors (Lipinski definition) is 4. The summed E-state index contributed by atoms with van der Waals surface area (Å²) >= 11 is 1.95. The van der Waals surface area contributed by atoms with E-state index >= 15 is 0 Å². The van der Waals surface area contributed by atoms with Crippen molar-refractivity contribution in [3.05, 3.63) is 10.6 Å². The van der Waals surface area contributed by atoms with Gasteiger partial charge in [-0.25, -0.2) is 4.98 Å². The molecule has 0 aromatic carbocycles. The van der Waals surface area contributed by atoms with Crippen LogP contribution in [-0.2, 0) is 6.42 Å². The summed E-state index contributed by atoms with van der Waals surface area (Å²) in [5, 5.41) is 4.87. The largest absolute Gasteiger partial charge is 0.345 e. The Morgan fingerprint density at radius 3 is 2.80 bits per heavy atom. The van der Waals surface area contributed by atoms with E-state index in [0.717, 1.165) is 12.5 Å². The first-order valence-electron chi connectivity index (χ1n) is 8.18. The molecule has 1 atom stereocenters. The molecule has 3 rings (SSSR count). The zero-order valence-corrected chi connectivity index (χ0v) is 13.8. The van der Waals surface area contributed by atoms with E-state index in [2.05, 4.69) is 31.0 Å². The zero-order chi connectivity index (χ0) is 14.1. The Kier molecular flexibility index (Phi) is 4.32. The first-order valence-corrected chi connectivity index (χ1v) is 9.00. The minimum Gasteiger partial charge on any atom is -0.345 e. The predicted molar refractivity (Wildman–Crippen MR) is 86.7 cm³/mol. The lowest BCUT2D eigenvalue weighted by Crippen LogP contribution is -2.32. The number of thiazole rings is 1. The van der Waals surface area contributed by atoms with E-state index in [9.17, 15) is 0 Å². The van der Waals surface area contributed by atoms with Gasteiger partial charge in [0, 0.05) is 17.5 Å². The summed E-state index contributed by atoms with van der Waals surface area (Å²) in [5.41, 5.74) is 1.35. The molecule has 0 saturated heterocycles. The average Bonchev–Trinajstić information content (AvgIpc) is 3.13. The fourth-order valence-corrected chi connectivity index (χ4v) is 4.37. The Morgan fingerprint density at radius 1 is 1.35 bits per heavy atom. The fraction of sp³-hybridized carbons (Fsp3) is 0.812. The van der Waals surface area contributed by atoms with Gasteiger partial charge in [0.05, 0.1) is 11.7 Å². The van der Waals surface area contributed by atoms with Crippen LogP contribution in [0.1, 0.15) is 63.1 Å². The van der Waals surface area contributed by atoms with Crippen LogP contribution >= 0.6 is 11.3 Å². The standard InChI is InChI=1S/C16H27N3S/c1-4-17-13-6-5-7-14-15(13)18-16(20-14)19(11(2)3)10-12-8-9-12/h11-13,17H,4-10H2,1-3H3. The van der Waals surface area contributed by atoms with E-state index in [-0.39, 0.29) is 0 Å². The van der Waals surface area contributed by atoms with Crippen LogP contribution in [0.2, 0.25) is 0 Å². The first-order chi connectivity index (χ1) is 9.69. The second-order valence-electron chi connectivity index (χ2n) is 6.50.